The van der Waals surface area contributed by atoms with Crippen molar-refractivity contribution in [3.8, 4) is 0 Å². The van der Waals surface area contributed by atoms with E-state index in [1.54, 1.807) is 10.7 Å². The van der Waals surface area contributed by atoms with Gasteiger partial charge < -0.3 is 4.42 Å². The van der Waals surface area contributed by atoms with E-state index in [4.69, 9.17) is 4.42 Å². The minimum absolute atomic E-state index is 0.112. The van der Waals surface area contributed by atoms with Crippen LogP contribution in [0.2, 0.25) is 0 Å². The SMILES string of the molecule is Cc1nn(C)c(C)c1C(=O)c1cc2ccccc2o1. The first kappa shape index (κ1) is 11.7. The Kier molecular flexibility index (Phi) is 2.52. The molecule has 0 saturated carbocycles. The van der Waals surface area contributed by atoms with Gasteiger partial charge in [0.05, 0.1) is 11.3 Å². The average Bonchev–Trinajstić information content (AvgIpc) is 2.91. The molecule has 0 radical (unpaired) electrons. The summed E-state index contributed by atoms with van der Waals surface area (Å²) in [5, 5.41) is 5.20. The maximum Gasteiger partial charge on any atom is 0.231 e. The Morgan fingerprint density at radius 3 is 2.63 bits per heavy atom. The molecule has 0 bridgehead atoms. The van der Waals surface area contributed by atoms with Gasteiger partial charge in [-0.3, -0.25) is 9.48 Å². The second kappa shape index (κ2) is 4.09. The quantitative estimate of drug-likeness (QED) is 0.660. The van der Waals surface area contributed by atoms with Crippen LogP contribution in [0.4, 0.5) is 0 Å². The van der Waals surface area contributed by atoms with Gasteiger partial charge in [-0.15, -0.1) is 0 Å². The highest BCUT2D eigenvalue weighted by atomic mass is 16.3. The first-order chi connectivity index (χ1) is 9.08. The summed E-state index contributed by atoms with van der Waals surface area (Å²) in [6.07, 6.45) is 0. The fourth-order valence-electron chi connectivity index (χ4n) is 2.32. The molecule has 0 saturated heterocycles. The van der Waals surface area contributed by atoms with Crippen molar-refractivity contribution in [3.05, 3.63) is 53.0 Å². The summed E-state index contributed by atoms with van der Waals surface area (Å²) in [5.74, 6) is 0.250. The number of fused-ring (bicyclic) bond motifs is 1. The molecule has 3 aromatic rings. The predicted molar refractivity (Wildman–Crippen MR) is 72.3 cm³/mol. The number of carbonyl (C=O) groups is 1. The molecule has 0 aliphatic carbocycles. The number of aromatic nitrogens is 2. The third-order valence-electron chi connectivity index (χ3n) is 3.39. The van der Waals surface area contributed by atoms with E-state index >= 15 is 0 Å². The highest BCUT2D eigenvalue weighted by Crippen LogP contribution is 2.23. The van der Waals surface area contributed by atoms with E-state index in [0.29, 0.717) is 11.3 Å². The summed E-state index contributed by atoms with van der Waals surface area (Å²) >= 11 is 0. The Labute approximate surface area is 110 Å². The van der Waals surface area contributed by atoms with Crippen molar-refractivity contribution < 1.29 is 9.21 Å². The van der Waals surface area contributed by atoms with Gasteiger partial charge in [0.1, 0.15) is 5.58 Å². The number of hydrogen-bond donors (Lipinski definition) is 0. The number of hydrogen-bond acceptors (Lipinski definition) is 3. The molecule has 0 N–H and O–H groups in total. The van der Waals surface area contributed by atoms with Crippen LogP contribution in [-0.4, -0.2) is 15.6 Å². The number of furan rings is 1. The van der Waals surface area contributed by atoms with Gasteiger partial charge in [-0.25, -0.2) is 0 Å². The van der Waals surface area contributed by atoms with Crippen molar-refractivity contribution in [3.63, 3.8) is 0 Å². The molecule has 19 heavy (non-hydrogen) atoms. The van der Waals surface area contributed by atoms with E-state index in [2.05, 4.69) is 5.10 Å². The Hall–Kier alpha value is -2.36. The third-order valence-corrected chi connectivity index (χ3v) is 3.39. The second-order valence-corrected chi connectivity index (χ2v) is 4.65. The maximum absolute atomic E-state index is 12.5. The number of carbonyl (C=O) groups excluding carboxylic acids is 1. The van der Waals surface area contributed by atoms with E-state index in [9.17, 15) is 4.79 Å². The van der Waals surface area contributed by atoms with Gasteiger partial charge in [-0.1, -0.05) is 18.2 Å². The van der Waals surface area contributed by atoms with Crippen LogP contribution in [0.25, 0.3) is 11.0 Å². The molecular weight excluding hydrogens is 240 g/mol. The number of rotatable bonds is 2. The van der Waals surface area contributed by atoms with Crippen LogP contribution < -0.4 is 0 Å². The molecule has 0 aliphatic heterocycles. The van der Waals surface area contributed by atoms with Crippen LogP contribution in [0.15, 0.2) is 34.7 Å². The van der Waals surface area contributed by atoms with Crippen LogP contribution >= 0.6 is 0 Å². The highest BCUT2D eigenvalue weighted by molar-refractivity contribution is 6.10. The molecule has 3 rings (SSSR count). The van der Waals surface area contributed by atoms with E-state index in [1.807, 2.05) is 45.2 Å². The summed E-state index contributed by atoms with van der Waals surface area (Å²) < 4.78 is 7.33. The van der Waals surface area contributed by atoms with Crippen molar-refractivity contribution >= 4 is 16.8 Å². The van der Waals surface area contributed by atoms with Crippen molar-refractivity contribution in [2.75, 3.05) is 0 Å². The average molecular weight is 254 g/mol. The smallest absolute Gasteiger partial charge is 0.231 e. The number of ketones is 1. The number of nitrogens with zero attached hydrogens (tertiary/aromatic N) is 2. The number of benzene rings is 1. The molecular formula is C15H14N2O2. The van der Waals surface area contributed by atoms with E-state index in [0.717, 1.165) is 22.4 Å². The minimum atomic E-state index is -0.112. The summed E-state index contributed by atoms with van der Waals surface area (Å²) in [4.78, 5) is 12.5. The fourth-order valence-corrected chi connectivity index (χ4v) is 2.32. The molecule has 2 aromatic heterocycles. The Morgan fingerprint density at radius 1 is 1.26 bits per heavy atom. The number of para-hydroxylation sites is 1. The summed E-state index contributed by atoms with van der Waals surface area (Å²) in [7, 11) is 1.83. The van der Waals surface area contributed by atoms with Crippen LogP contribution in [0.3, 0.4) is 0 Å². The Morgan fingerprint density at radius 2 is 2.00 bits per heavy atom. The molecule has 0 unspecified atom stereocenters. The largest absolute Gasteiger partial charge is 0.453 e. The van der Waals surface area contributed by atoms with E-state index < -0.39 is 0 Å². The van der Waals surface area contributed by atoms with Gasteiger partial charge in [0.25, 0.3) is 0 Å². The van der Waals surface area contributed by atoms with Gasteiger partial charge in [0.15, 0.2) is 5.76 Å². The zero-order valence-corrected chi connectivity index (χ0v) is 11.1. The van der Waals surface area contributed by atoms with Crippen molar-refractivity contribution in [1.82, 2.24) is 9.78 Å². The third kappa shape index (κ3) is 1.76. The van der Waals surface area contributed by atoms with Crippen LogP contribution in [-0.2, 0) is 7.05 Å². The zero-order valence-electron chi connectivity index (χ0n) is 11.1. The predicted octanol–water partition coefficient (Wildman–Crippen LogP) is 3.01. The molecule has 0 spiro atoms. The molecule has 2 heterocycles. The van der Waals surface area contributed by atoms with Crippen LogP contribution in [0.1, 0.15) is 27.5 Å². The first-order valence-electron chi connectivity index (χ1n) is 6.11. The Bertz CT molecular complexity index is 748. The second-order valence-electron chi connectivity index (χ2n) is 4.65. The monoisotopic (exact) mass is 254 g/mol. The molecule has 4 nitrogen and oxygen atoms in total. The normalized spacial score (nSPS) is 11.1. The van der Waals surface area contributed by atoms with Crippen LogP contribution in [0, 0.1) is 13.8 Å². The first-order valence-corrected chi connectivity index (χ1v) is 6.11. The maximum atomic E-state index is 12.5. The lowest BCUT2D eigenvalue weighted by atomic mass is 10.1. The standard InChI is InChI=1S/C15H14N2O2/c1-9-14(10(2)17(3)16-9)15(18)13-8-11-6-4-5-7-12(11)19-13/h4-8H,1-3H3. The minimum Gasteiger partial charge on any atom is -0.453 e. The Balaban J connectivity index is 2.13. The van der Waals surface area contributed by atoms with Gasteiger partial charge in [-0.05, 0) is 26.0 Å². The van der Waals surface area contributed by atoms with Crippen LogP contribution in [0.5, 0.6) is 0 Å². The van der Waals surface area contributed by atoms with Crippen molar-refractivity contribution in [1.29, 1.82) is 0 Å². The van der Waals surface area contributed by atoms with Gasteiger partial charge >= 0.3 is 0 Å². The molecule has 1 aromatic carbocycles. The zero-order chi connectivity index (χ0) is 13.6. The van der Waals surface area contributed by atoms with E-state index in [1.165, 1.54) is 0 Å². The van der Waals surface area contributed by atoms with Crippen molar-refractivity contribution in [2.24, 2.45) is 7.05 Å². The molecule has 0 amide bonds. The lowest BCUT2D eigenvalue weighted by Crippen LogP contribution is -2.03. The molecule has 0 aliphatic rings. The molecule has 4 heteroatoms. The lowest BCUT2D eigenvalue weighted by molar-refractivity contribution is 0.101. The van der Waals surface area contributed by atoms with Gasteiger partial charge in [0, 0.05) is 18.1 Å². The van der Waals surface area contributed by atoms with Crippen molar-refractivity contribution in [2.45, 2.75) is 13.8 Å². The highest BCUT2D eigenvalue weighted by Gasteiger charge is 2.21. The summed E-state index contributed by atoms with van der Waals surface area (Å²) in [5.41, 5.74) is 2.93. The molecule has 0 fully saturated rings. The molecule has 96 valence electrons. The summed E-state index contributed by atoms with van der Waals surface area (Å²) in [6, 6.07) is 9.38. The summed E-state index contributed by atoms with van der Waals surface area (Å²) in [6.45, 7) is 3.72. The van der Waals surface area contributed by atoms with Gasteiger partial charge in [-0.2, -0.15) is 5.10 Å². The van der Waals surface area contributed by atoms with E-state index in [-0.39, 0.29) is 5.78 Å². The molecule has 0 atom stereocenters. The van der Waals surface area contributed by atoms with Gasteiger partial charge in [0.2, 0.25) is 5.78 Å². The number of aryl methyl sites for hydroxylation is 2. The lowest BCUT2D eigenvalue weighted by Gasteiger charge is -1.98. The topological polar surface area (TPSA) is 48.0 Å². The fraction of sp³-hybridized carbons (Fsp3) is 0.200.